The summed E-state index contributed by atoms with van der Waals surface area (Å²) < 4.78 is 13.0. The van der Waals surface area contributed by atoms with Crippen LogP contribution in [0.15, 0.2) is 16.6 Å². The number of hydrogen-bond acceptors (Lipinski definition) is 2. The van der Waals surface area contributed by atoms with Gasteiger partial charge in [-0.15, -0.1) is 0 Å². The van der Waals surface area contributed by atoms with Crippen LogP contribution in [0.2, 0.25) is 0 Å². The van der Waals surface area contributed by atoms with Crippen molar-refractivity contribution < 1.29 is 9.47 Å². The molecule has 1 aliphatic carbocycles. The first-order valence-corrected chi connectivity index (χ1v) is 9.34. The van der Waals surface area contributed by atoms with Crippen molar-refractivity contribution in [3.05, 3.63) is 22.2 Å². The predicted molar refractivity (Wildman–Crippen MR) is 90.1 cm³/mol. The van der Waals surface area contributed by atoms with E-state index in [1.807, 2.05) is 6.92 Å². The summed E-state index contributed by atoms with van der Waals surface area (Å²) in [4.78, 5) is 0. The first-order valence-electron chi connectivity index (χ1n) is 7.42. The third-order valence-electron chi connectivity index (χ3n) is 3.61. The minimum Gasteiger partial charge on any atom is -0.490 e. The molecule has 1 aromatic rings. The number of rotatable bonds is 5. The summed E-state index contributed by atoms with van der Waals surface area (Å²) in [6.45, 7) is 2.66. The van der Waals surface area contributed by atoms with E-state index in [-0.39, 0.29) is 0 Å². The number of alkyl halides is 1. The van der Waals surface area contributed by atoms with Gasteiger partial charge in [0.2, 0.25) is 0 Å². The maximum absolute atomic E-state index is 6.26. The van der Waals surface area contributed by atoms with Crippen LogP contribution in [0, 0.1) is 0 Å². The second-order valence-corrected chi connectivity index (χ2v) is 6.62. The average molecular weight is 406 g/mol. The third-order valence-corrected chi connectivity index (χ3v) is 4.85. The van der Waals surface area contributed by atoms with Crippen molar-refractivity contribution in [1.82, 2.24) is 0 Å². The molecule has 0 N–H and O–H groups in total. The fraction of sp³-hybridized carbons (Fsp3) is 0.625. The van der Waals surface area contributed by atoms with Gasteiger partial charge in [-0.05, 0) is 66.2 Å². The zero-order valence-corrected chi connectivity index (χ0v) is 15.1. The van der Waals surface area contributed by atoms with E-state index < -0.39 is 0 Å². The molecule has 1 aliphatic rings. The molecule has 0 spiro atoms. The van der Waals surface area contributed by atoms with Crippen LogP contribution < -0.4 is 9.47 Å². The van der Waals surface area contributed by atoms with Gasteiger partial charge in [0, 0.05) is 5.33 Å². The van der Waals surface area contributed by atoms with E-state index >= 15 is 0 Å². The van der Waals surface area contributed by atoms with Gasteiger partial charge < -0.3 is 9.47 Å². The molecular formula is C16H22Br2O2. The molecule has 0 bridgehead atoms. The van der Waals surface area contributed by atoms with Crippen LogP contribution in [0.3, 0.4) is 0 Å². The number of halogens is 2. The van der Waals surface area contributed by atoms with E-state index in [0.717, 1.165) is 34.1 Å². The first kappa shape index (κ1) is 16.2. The lowest BCUT2D eigenvalue weighted by molar-refractivity contribution is 0.172. The summed E-state index contributed by atoms with van der Waals surface area (Å²) in [5.74, 6) is 1.71. The van der Waals surface area contributed by atoms with Crippen molar-refractivity contribution >= 4 is 31.9 Å². The minimum atomic E-state index is 0.322. The Bertz CT molecular complexity index is 427. The molecular weight excluding hydrogens is 384 g/mol. The van der Waals surface area contributed by atoms with Gasteiger partial charge in [0.1, 0.15) is 0 Å². The molecule has 0 heterocycles. The number of benzene rings is 1. The van der Waals surface area contributed by atoms with Gasteiger partial charge in [-0.25, -0.2) is 0 Å². The van der Waals surface area contributed by atoms with Crippen molar-refractivity contribution in [3.8, 4) is 11.5 Å². The summed E-state index contributed by atoms with van der Waals surface area (Å²) >= 11 is 7.12. The highest BCUT2D eigenvalue weighted by Gasteiger charge is 2.19. The van der Waals surface area contributed by atoms with E-state index in [0.29, 0.717) is 12.7 Å². The smallest absolute Gasteiger partial charge is 0.175 e. The molecule has 112 valence electrons. The van der Waals surface area contributed by atoms with Crippen LogP contribution in [0.25, 0.3) is 0 Å². The lowest BCUT2D eigenvalue weighted by atomic mass is 10.1. The van der Waals surface area contributed by atoms with Gasteiger partial charge in [0.25, 0.3) is 0 Å². The van der Waals surface area contributed by atoms with Crippen LogP contribution in [0.5, 0.6) is 11.5 Å². The van der Waals surface area contributed by atoms with Gasteiger partial charge in [0.05, 0.1) is 17.2 Å². The lowest BCUT2D eigenvalue weighted by Gasteiger charge is -2.21. The van der Waals surface area contributed by atoms with E-state index in [4.69, 9.17) is 9.47 Å². The lowest BCUT2D eigenvalue weighted by Crippen LogP contribution is -2.16. The third kappa shape index (κ3) is 4.39. The Hall–Kier alpha value is -0.220. The highest BCUT2D eigenvalue weighted by molar-refractivity contribution is 9.10. The molecule has 0 aromatic heterocycles. The summed E-state index contributed by atoms with van der Waals surface area (Å²) in [7, 11) is 0. The van der Waals surface area contributed by atoms with E-state index in [2.05, 4.69) is 44.0 Å². The zero-order valence-electron chi connectivity index (χ0n) is 12.0. The predicted octanol–water partition coefficient (Wildman–Crippen LogP) is 5.84. The minimum absolute atomic E-state index is 0.322. The van der Waals surface area contributed by atoms with Gasteiger partial charge >= 0.3 is 0 Å². The molecule has 0 amide bonds. The molecule has 0 aliphatic heterocycles. The fourth-order valence-electron chi connectivity index (χ4n) is 2.60. The van der Waals surface area contributed by atoms with Crippen LogP contribution >= 0.6 is 31.9 Å². The highest BCUT2D eigenvalue weighted by Crippen LogP contribution is 2.39. The molecule has 1 saturated carbocycles. The zero-order chi connectivity index (χ0) is 14.4. The standard InChI is InChI=1S/C16H22Br2O2/c1-2-19-15-10-12(11-17)9-14(18)16(15)20-13-7-5-3-4-6-8-13/h9-10,13H,2-8,11H2,1H3. The maximum atomic E-state index is 6.26. The largest absolute Gasteiger partial charge is 0.490 e. The Morgan fingerprint density at radius 3 is 2.45 bits per heavy atom. The van der Waals surface area contributed by atoms with Crippen molar-refractivity contribution in [2.45, 2.75) is 56.9 Å². The first-order chi connectivity index (χ1) is 9.74. The number of hydrogen-bond donors (Lipinski definition) is 0. The van der Waals surface area contributed by atoms with E-state index in [9.17, 15) is 0 Å². The molecule has 1 fully saturated rings. The summed E-state index contributed by atoms with van der Waals surface area (Å²) in [6, 6.07) is 4.17. The van der Waals surface area contributed by atoms with Crippen molar-refractivity contribution in [2.75, 3.05) is 6.61 Å². The SMILES string of the molecule is CCOc1cc(CBr)cc(Br)c1OC1CCCCCC1. The van der Waals surface area contributed by atoms with E-state index in [1.165, 1.54) is 31.2 Å². The van der Waals surface area contributed by atoms with E-state index in [1.54, 1.807) is 0 Å². The molecule has 1 aromatic carbocycles. The second kappa shape index (κ2) is 8.28. The molecule has 2 nitrogen and oxygen atoms in total. The van der Waals surface area contributed by atoms with Gasteiger partial charge in [-0.3, -0.25) is 0 Å². The normalized spacial score (nSPS) is 16.8. The Morgan fingerprint density at radius 1 is 1.15 bits per heavy atom. The van der Waals surface area contributed by atoms with Crippen molar-refractivity contribution in [3.63, 3.8) is 0 Å². The van der Waals surface area contributed by atoms with Crippen molar-refractivity contribution in [1.29, 1.82) is 0 Å². The molecule has 0 unspecified atom stereocenters. The van der Waals surface area contributed by atoms with Crippen LogP contribution in [-0.2, 0) is 5.33 Å². The molecule has 0 atom stereocenters. The Labute approximate surface area is 138 Å². The van der Waals surface area contributed by atoms with Crippen LogP contribution in [-0.4, -0.2) is 12.7 Å². The monoisotopic (exact) mass is 404 g/mol. The molecule has 20 heavy (non-hydrogen) atoms. The second-order valence-electron chi connectivity index (χ2n) is 5.20. The Balaban J connectivity index is 2.19. The summed E-state index contributed by atoms with van der Waals surface area (Å²) in [6.07, 6.45) is 7.83. The van der Waals surface area contributed by atoms with Gasteiger partial charge in [-0.2, -0.15) is 0 Å². The topological polar surface area (TPSA) is 18.5 Å². The fourth-order valence-corrected chi connectivity index (χ4v) is 3.51. The molecule has 0 saturated heterocycles. The van der Waals surface area contributed by atoms with Crippen LogP contribution in [0.1, 0.15) is 51.0 Å². The van der Waals surface area contributed by atoms with Crippen molar-refractivity contribution in [2.24, 2.45) is 0 Å². The quantitative estimate of drug-likeness (QED) is 0.452. The number of ether oxygens (including phenoxy) is 2. The molecule has 4 heteroatoms. The molecule has 2 rings (SSSR count). The summed E-state index contributed by atoms with van der Waals surface area (Å²) in [5, 5.41) is 0.815. The Kier molecular flexibility index (Phi) is 6.69. The highest BCUT2D eigenvalue weighted by atomic mass is 79.9. The summed E-state index contributed by atoms with van der Waals surface area (Å²) in [5.41, 5.74) is 1.19. The van der Waals surface area contributed by atoms with Crippen LogP contribution in [0.4, 0.5) is 0 Å². The van der Waals surface area contributed by atoms with Gasteiger partial charge in [0.15, 0.2) is 11.5 Å². The van der Waals surface area contributed by atoms with Gasteiger partial charge in [-0.1, -0.05) is 28.8 Å². The Morgan fingerprint density at radius 2 is 1.85 bits per heavy atom. The average Bonchev–Trinajstić information content (AvgIpc) is 2.71. The maximum Gasteiger partial charge on any atom is 0.175 e. The molecule has 0 radical (unpaired) electrons.